The summed E-state index contributed by atoms with van der Waals surface area (Å²) in [6, 6.07) is 5.17. The first-order valence-electron chi connectivity index (χ1n) is 6.77. The summed E-state index contributed by atoms with van der Waals surface area (Å²) in [7, 11) is -8.79. The summed E-state index contributed by atoms with van der Waals surface area (Å²) in [6.45, 7) is 3.35. The number of anilines is 1. The number of aryl methyl sites for hydroxylation is 2. The number of hydrogen-bond acceptors (Lipinski definition) is 7. The first-order chi connectivity index (χ1) is 11.5. The number of amides is 2. The summed E-state index contributed by atoms with van der Waals surface area (Å²) < 4.78 is 49.3. The molecule has 0 aliphatic rings. The van der Waals surface area contributed by atoms with Gasteiger partial charge < -0.3 is 0 Å². The maximum Gasteiger partial charge on any atom is 0.335 e. The second kappa shape index (κ2) is 6.74. The lowest BCUT2D eigenvalue weighted by molar-refractivity contribution is 0.256. The number of nitrogens with two attached hydrogens (primary N) is 1. The summed E-state index contributed by atoms with van der Waals surface area (Å²) in [4.78, 5) is 18.5. The molecule has 0 saturated heterocycles. The van der Waals surface area contributed by atoms with E-state index in [0.29, 0.717) is 11.4 Å². The Morgan fingerprint density at radius 3 is 2.04 bits per heavy atom. The number of nitrogens with zero attached hydrogens (tertiary/aromatic N) is 2. The van der Waals surface area contributed by atoms with E-state index in [-0.39, 0.29) is 5.95 Å². The molecule has 2 aromatic rings. The normalized spacial score (nSPS) is 11.8. The number of primary sulfonamides is 1. The zero-order valence-electron chi connectivity index (χ0n) is 13.2. The fourth-order valence-corrected chi connectivity index (χ4v) is 4.28. The van der Waals surface area contributed by atoms with Gasteiger partial charge in [-0.15, -0.1) is 0 Å². The van der Waals surface area contributed by atoms with Crippen molar-refractivity contribution in [1.29, 1.82) is 0 Å². The van der Waals surface area contributed by atoms with Crippen LogP contribution in [0, 0.1) is 13.8 Å². The van der Waals surface area contributed by atoms with Crippen LogP contribution >= 0.6 is 0 Å². The molecule has 25 heavy (non-hydrogen) atoms. The van der Waals surface area contributed by atoms with Crippen molar-refractivity contribution in [3.8, 4) is 0 Å². The Morgan fingerprint density at radius 1 is 1.00 bits per heavy atom. The number of nitrogens with one attached hydrogen (secondary N) is 2. The number of rotatable bonds is 4. The van der Waals surface area contributed by atoms with E-state index >= 15 is 0 Å². The Kier molecular flexibility index (Phi) is 5.06. The van der Waals surface area contributed by atoms with Crippen LogP contribution in [-0.4, -0.2) is 32.8 Å². The van der Waals surface area contributed by atoms with Crippen molar-refractivity contribution >= 4 is 32.0 Å². The Bertz CT molecular complexity index is 1010. The number of hydrogen-bond donors (Lipinski definition) is 3. The topological polar surface area (TPSA) is 161 Å². The van der Waals surface area contributed by atoms with Crippen LogP contribution < -0.4 is 15.2 Å². The van der Waals surface area contributed by atoms with Crippen LogP contribution in [0.3, 0.4) is 0 Å². The highest BCUT2D eigenvalue weighted by atomic mass is 32.2. The van der Waals surface area contributed by atoms with Gasteiger partial charge in [-0.1, -0.05) is 12.1 Å². The summed E-state index contributed by atoms with van der Waals surface area (Å²) in [5.41, 5.74) is 1.15. The number of carbonyl (C=O) groups excluding carboxylic acids is 1. The fourth-order valence-electron chi connectivity index (χ4n) is 1.99. The molecule has 0 bridgehead atoms. The van der Waals surface area contributed by atoms with Crippen LogP contribution in [0.1, 0.15) is 11.4 Å². The summed E-state index contributed by atoms with van der Waals surface area (Å²) in [5, 5.41) is 7.18. The molecule has 1 aromatic carbocycles. The molecule has 2 rings (SSSR count). The monoisotopic (exact) mass is 385 g/mol. The molecule has 0 fully saturated rings. The molecule has 0 saturated carbocycles. The van der Waals surface area contributed by atoms with Gasteiger partial charge in [-0.25, -0.2) is 41.5 Å². The molecule has 12 heteroatoms. The van der Waals surface area contributed by atoms with Gasteiger partial charge in [-0.3, -0.25) is 5.32 Å². The van der Waals surface area contributed by atoms with E-state index in [4.69, 9.17) is 5.14 Å². The second-order valence-electron chi connectivity index (χ2n) is 5.03. The predicted octanol–water partition coefficient (Wildman–Crippen LogP) is 0.251. The molecule has 1 aromatic heterocycles. The zero-order chi connectivity index (χ0) is 18.8. The van der Waals surface area contributed by atoms with Crippen molar-refractivity contribution < 1.29 is 21.6 Å². The van der Waals surface area contributed by atoms with E-state index in [1.54, 1.807) is 24.6 Å². The quantitative estimate of drug-likeness (QED) is 0.679. The van der Waals surface area contributed by atoms with Gasteiger partial charge in [0.15, 0.2) is 0 Å². The maximum atomic E-state index is 12.3. The molecule has 0 unspecified atom stereocenters. The average molecular weight is 385 g/mol. The molecular weight excluding hydrogens is 370 g/mol. The number of urea groups is 1. The molecule has 134 valence electrons. The fraction of sp³-hybridized carbons (Fsp3) is 0.154. The highest BCUT2D eigenvalue weighted by molar-refractivity contribution is 7.92. The highest BCUT2D eigenvalue weighted by Gasteiger charge is 2.25. The van der Waals surface area contributed by atoms with E-state index in [1.807, 2.05) is 0 Å². The number of aromatic nitrogens is 2. The van der Waals surface area contributed by atoms with Crippen LogP contribution in [0.4, 0.5) is 10.7 Å². The molecule has 1 heterocycles. The van der Waals surface area contributed by atoms with E-state index < -0.39 is 35.9 Å². The predicted molar refractivity (Wildman–Crippen MR) is 88.7 cm³/mol. The van der Waals surface area contributed by atoms with Crippen LogP contribution in [0.15, 0.2) is 40.1 Å². The molecule has 0 radical (unpaired) electrons. The van der Waals surface area contributed by atoms with Gasteiger partial charge in [0, 0.05) is 11.4 Å². The second-order valence-corrected chi connectivity index (χ2v) is 8.21. The van der Waals surface area contributed by atoms with Crippen LogP contribution in [0.5, 0.6) is 0 Å². The number of sulfonamides is 2. The molecule has 0 spiro atoms. The van der Waals surface area contributed by atoms with Gasteiger partial charge >= 0.3 is 6.03 Å². The van der Waals surface area contributed by atoms with E-state index in [2.05, 4.69) is 15.3 Å². The van der Waals surface area contributed by atoms with Crippen LogP contribution in [0.25, 0.3) is 0 Å². The van der Waals surface area contributed by atoms with E-state index in [0.717, 1.165) is 12.1 Å². The standard InChI is InChI=1S/C13H15N5O5S2/c1-8-7-9(2)16-12(15-8)17-13(19)18-25(22,23)11-6-4-3-5-10(11)24(14,20)21/h3-7H,1-2H3,(H2,14,20,21)(H2,15,16,17,18,19). The lowest BCUT2D eigenvalue weighted by Gasteiger charge is -2.11. The zero-order valence-corrected chi connectivity index (χ0v) is 14.8. The Hall–Kier alpha value is -2.57. The smallest absolute Gasteiger partial charge is 0.275 e. The van der Waals surface area contributed by atoms with Gasteiger partial charge in [-0.2, -0.15) is 0 Å². The van der Waals surface area contributed by atoms with Crippen LogP contribution in [-0.2, 0) is 20.0 Å². The first kappa shape index (κ1) is 18.8. The summed E-state index contributed by atoms with van der Waals surface area (Å²) >= 11 is 0. The summed E-state index contributed by atoms with van der Waals surface area (Å²) in [6.07, 6.45) is 0. The summed E-state index contributed by atoms with van der Waals surface area (Å²) in [5.74, 6) is -0.0927. The van der Waals surface area contributed by atoms with E-state index in [9.17, 15) is 21.6 Å². The molecular formula is C13H15N5O5S2. The van der Waals surface area contributed by atoms with Crippen molar-refractivity contribution in [3.05, 3.63) is 41.7 Å². The van der Waals surface area contributed by atoms with Crippen molar-refractivity contribution in [2.24, 2.45) is 5.14 Å². The lowest BCUT2D eigenvalue weighted by Crippen LogP contribution is -2.36. The van der Waals surface area contributed by atoms with Crippen LogP contribution in [0.2, 0.25) is 0 Å². The number of carbonyl (C=O) groups is 1. The number of benzene rings is 1. The van der Waals surface area contributed by atoms with E-state index in [1.165, 1.54) is 12.1 Å². The van der Waals surface area contributed by atoms with Gasteiger partial charge in [0.2, 0.25) is 16.0 Å². The average Bonchev–Trinajstić information content (AvgIpc) is 2.44. The Balaban J connectivity index is 2.29. The maximum absolute atomic E-state index is 12.3. The van der Waals surface area contributed by atoms with Crippen molar-refractivity contribution in [3.63, 3.8) is 0 Å². The van der Waals surface area contributed by atoms with Gasteiger partial charge in [0.1, 0.15) is 9.79 Å². The third-order valence-electron chi connectivity index (χ3n) is 2.88. The van der Waals surface area contributed by atoms with Gasteiger partial charge in [0.05, 0.1) is 0 Å². The lowest BCUT2D eigenvalue weighted by atomic mass is 10.4. The molecule has 4 N–H and O–H groups in total. The van der Waals surface area contributed by atoms with Crippen molar-refractivity contribution in [2.45, 2.75) is 23.6 Å². The molecule has 10 nitrogen and oxygen atoms in total. The molecule has 0 atom stereocenters. The first-order valence-corrected chi connectivity index (χ1v) is 9.80. The minimum Gasteiger partial charge on any atom is -0.275 e. The third-order valence-corrected chi connectivity index (χ3v) is 5.37. The molecule has 0 aliphatic heterocycles. The van der Waals surface area contributed by atoms with Gasteiger partial charge in [-0.05, 0) is 32.0 Å². The SMILES string of the molecule is Cc1cc(C)nc(NC(=O)NS(=O)(=O)c2ccccc2S(N)(=O)=O)n1. The largest absolute Gasteiger partial charge is 0.335 e. The Labute approximate surface area is 144 Å². The van der Waals surface area contributed by atoms with Gasteiger partial charge in [0.25, 0.3) is 10.0 Å². The molecule has 0 aliphatic carbocycles. The minimum atomic E-state index is -4.49. The third kappa shape index (κ3) is 4.71. The van der Waals surface area contributed by atoms with Crippen molar-refractivity contribution in [1.82, 2.24) is 14.7 Å². The highest BCUT2D eigenvalue weighted by Crippen LogP contribution is 2.19. The minimum absolute atomic E-state index is 0.0927. The molecule has 2 amide bonds. The van der Waals surface area contributed by atoms with Crippen molar-refractivity contribution in [2.75, 3.05) is 5.32 Å². The Morgan fingerprint density at radius 2 is 1.52 bits per heavy atom.